The molecule has 1 spiro atoms. The molecule has 2 aliphatic heterocycles. The van der Waals surface area contributed by atoms with Crippen LogP contribution >= 0.6 is 0 Å². The fourth-order valence-electron chi connectivity index (χ4n) is 3.47. The molecule has 0 N–H and O–H groups in total. The molecule has 6 nitrogen and oxygen atoms in total. The first-order valence-corrected chi connectivity index (χ1v) is 7.54. The van der Waals surface area contributed by atoms with Crippen molar-refractivity contribution in [3.8, 4) is 0 Å². The first kappa shape index (κ1) is 14.3. The Balaban J connectivity index is 1.71. The van der Waals surface area contributed by atoms with Gasteiger partial charge in [-0.3, -0.25) is 9.78 Å². The van der Waals surface area contributed by atoms with Crippen molar-refractivity contribution < 1.29 is 9.53 Å². The fourth-order valence-corrected chi connectivity index (χ4v) is 3.47. The highest BCUT2D eigenvalue weighted by molar-refractivity contribution is 5.85. The lowest BCUT2D eigenvalue weighted by atomic mass is 9.78. The van der Waals surface area contributed by atoms with Crippen LogP contribution in [0.5, 0.6) is 0 Å². The molecule has 0 radical (unpaired) electrons. The van der Waals surface area contributed by atoms with Gasteiger partial charge in [-0.25, -0.2) is 4.98 Å². The van der Waals surface area contributed by atoms with Gasteiger partial charge in [0, 0.05) is 45.7 Å². The molecule has 0 aliphatic carbocycles. The maximum atomic E-state index is 12.8. The predicted molar refractivity (Wildman–Crippen MR) is 79.0 cm³/mol. The standard InChI is InChI=1S/C15H22N4O2/c1-21-10-9-18-7-2-3-15(14(18)20)4-8-19(12-15)13-11-16-5-6-17-13/h5-6,11H,2-4,7-10,12H2,1H3/t15-/m1/s1. The highest BCUT2D eigenvalue weighted by Gasteiger charge is 2.48. The minimum Gasteiger partial charge on any atom is -0.383 e. The van der Waals surface area contributed by atoms with E-state index in [1.165, 1.54) is 0 Å². The van der Waals surface area contributed by atoms with Crippen molar-refractivity contribution in [2.75, 3.05) is 44.8 Å². The number of amides is 1. The number of likely N-dealkylation sites (tertiary alicyclic amines) is 1. The van der Waals surface area contributed by atoms with Gasteiger partial charge in [0.15, 0.2) is 0 Å². The second-order valence-electron chi connectivity index (χ2n) is 5.90. The SMILES string of the molecule is COCCN1CCC[C@]2(CCN(c3cnccn3)C2)C1=O. The van der Waals surface area contributed by atoms with Crippen LogP contribution in [-0.2, 0) is 9.53 Å². The number of carbonyl (C=O) groups excluding carboxylic acids is 1. The number of rotatable bonds is 4. The number of hydrogen-bond donors (Lipinski definition) is 0. The lowest BCUT2D eigenvalue weighted by molar-refractivity contribution is -0.145. The Morgan fingerprint density at radius 1 is 1.33 bits per heavy atom. The molecule has 21 heavy (non-hydrogen) atoms. The quantitative estimate of drug-likeness (QED) is 0.826. The zero-order chi connectivity index (χ0) is 14.7. The van der Waals surface area contributed by atoms with E-state index in [0.29, 0.717) is 13.2 Å². The number of methoxy groups -OCH3 is 1. The van der Waals surface area contributed by atoms with Crippen LogP contribution in [0, 0.1) is 5.41 Å². The number of carbonyl (C=O) groups is 1. The molecule has 0 saturated carbocycles. The van der Waals surface area contributed by atoms with Gasteiger partial charge in [0.2, 0.25) is 5.91 Å². The topological polar surface area (TPSA) is 58.6 Å². The first-order valence-electron chi connectivity index (χ1n) is 7.54. The van der Waals surface area contributed by atoms with Gasteiger partial charge >= 0.3 is 0 Å². The first-order chi connectivity index (χ1) is 10.2. The minimum atomic E-state index is -0.233. The number of anilines is 1. The van der Waals surface area contributed by atoms with Crippen LogP contribution in [-0.4, -0.2) is 60.7 Å². The van der Waals surface area contributed by atoms with Crippen LogP contribution in [0.2, 0.25) is 0 Å². The summed E-state index contributed by atoms with van der Waals surface area (Å²) in [6.07, 6.45) is 8.11. The Hall–Kier alpha value is -1.69. The number of piperidine rings is 1. The summed E-state index contributed by atoms with van der Waals surface area (Å²) < 4.78 is 5.11. The van der Waals surface area contributed by atoms with Crippen molar-refractivity contribution in [1.82, 2.24) is 14.9 Å². The van der Waals surface area contributed by atoms with Crippen molar-refractivity contribution in [3.05, 3.63) is 18.6 Å². The second-order valence-corrected chi connectivity index (χ2v) is 5.90. The molecule has 3 heterocycles. The monoisotopic (exact) mass is 290 g/mol. The maximum Gasteiger partial charge on any atom is 0.230 e. The summed E-state index contributed by atoms with van der Waals surface area (Å²) in [5.74, 6) is 1.16. The molecular formula is C15H22N4O2. The Morgan fingerprint density at radius 3 is 3.00 bits per heavy atom. The van der Waals surface area contributed by atoms with E-state index in [9.17, 15) is 4.79 Å². The Labute approximate surface area is 125 Å². The van der Waals surface area contributed by atoms with E-state index in [2.05, 4.69) is 14.9 Å². The van der Waals surface area contributed by atoms with Crippen molar-refractivity contribution >= 4 is 11.7 Å². The summed E-state index contributed by atoms with van der Waals surface area (Å²) >= 11 is 0. The average molecular weight is 290 g/mol. The second kappa shape index (κ2) is 5.97. The molecule has 2 aliphatic rings. The highest BCUT2D eigenvalue weighted by atomic mass is 16.5. The number of aromatic nitrogens is 2. The third-order valence-electron chi connectivity index (χ3n) is 4.62. The summed E-state index contributed by atoms with van der Waals surface area (Å²) in [6.45, 7) is 3.80. The molecule has 1 atom stereocenters. The molecule has 0 unspecified atom stereocenters. The minimum absolute atomic E-state index is 0.233. The van der Waals surface area contributed by atoms with E-state index >= 15 is 0 Å². The summed E-state index contributed by atoms with van der Waals surface area (Å²) in [6, 6.07) is 0. The Morgan fingerprint density at radius 2 is 2.24 bits per heavy atom. The number of hydrogen-bond acceptors (Lipinski definition) is 5. The fraction of sp³-hybridized carbons (Fsp3) is 0.667. The largest absolute Gasteiger partial charge is 0.383 e. The summed E-state index contributed by atoms with van der Waals surface area (Å²) in [5.41, 5.74) is -0.233. The molecule has 1 amide bonds. The van der Waals surface area contributed by atoms with E-state index in [4.69, 9.17) is 4.74 Å². The molecule has 1 aromatic heterocycles. The van der Waals surface area contributed by atoms with Crippen LogP contribution < -0.4 is 4.90 Å². The van der Waals surface area contributed by atoms with Crippen molar-refractivity contribution in [2.24, 2.45) is 5.41 Å². The van der Waals surface area contributed by atoms with Gasteiger partial charge in [-0.1, -0.05) is 0 Å². The lowest BCUT2D eigenvalue weighted by Gasteiger charge is -2.39. The van der Waals surface area contributed by atoms with Gasteiger partial charge in [-0.2, -0.15) is 0 Å². The van der Waals surface area contributed by atoms with E-state index in [1.54, 1.807) is 25.7 Å². The molecule has 114 valence electrons. The van der Waals surface area contributed by atoms with Crippen LogP contribution in [0.4, 0.5) is 5.82 Å². The van der Waals surface area contributed by atoms with Gasteiger partial charge in [0.05, 0.1) is 18.2 Å². The van der Waals surface area contributed by atoms with Gasteiger partial charge in [-0.15, -0.1) is 0 Å². The van der Waals surface area contributed by atoms with Crippen molar-refractivity contribution in [2.45, 2.75) is 19.3 Å². The molecule has 3 rings (SSSR count). The third-order valence-corrected chi connectivity index (χ3v) is 4.62. The maximum absolute atomic E-state index is 12.8. The van der Waals surface area contributed by atoms with Crippen LogP contribution in [0.25, 0.3) is 0 Å². The van der Waals surface area contributed by atoms with E-state index in [0.717, 1.165) is 44.7 Å². The zero-order valence-corrected chi connectivity index (χ0v) is 12.5. The number of nitrogens with zero attached hydrogens (tertiary/aromatic N) is 4. The lowest BCUT2D eigenvalue weighted by Crippen LogP contribution is -2.51. The average Bonchev–Trinajstić information content (AvgIpc) is 2.95. The summed E-state index contributed by atoms with van der Waals surface area (Å²) in [7, 11) is 1.68. The molecule has 2 saturated heterocycles. The van der Waals surface area contributed by atoms with E-state index in [-0.39, 0.29) is 11.3 Å². The molecule has 1 aromatic rings. The zero-order valence-electron chi connectivity index (χ0n) is 12.5. The van der Waals surface area contributed by atoms with Gasteiger partial charge < -0.3 is 14.5 Å². The highest BCUT2D eigenvalue weighted by Crippen LogP contribution is 2.41. The predicted octanol–water partition coefficient (Wildman–Crippen LogP) is 0.942. The summed E-state index contributed by atoms with van der Waals surface area (Å²) in [4.78, 5) is 25.5. The Bertz CT molecular complexity index is 496. The van der Waals surface area contributed by atoms with Crippen LogP contribution in [0.1, 0.15) is 19.3 Å². The molecular weight excluding hydrogens is 268 g/mol. The van der Waals surface area contributed by atoms with E-state index in [1.807, 2.05) is 4.90 Å². The molecule has 0 bridgehead atoms. The molecule has 6 heteroatoms. The van der Waals surface area contributed by atoms with Gasteiger partial charge in [0.1, 0.15) is 5.82 Å². The molecule has 2 fully saturated rings. The smallest absolute Gasteiger partial charge is 0.230 e. The number of ether oxygens (including phenoxy) is 1. The van der Waals surface area contributed by atoms with Crippen LogP contribution in [0.3, 0.4) is 0 Å². The summed E-state index contributed by atoms with van der Waals surface area (Å²) in [5, 5.41) is 0. The van der Waals surface area contributed by atoms with E-state index < -0.39 is 0 Å². The van der Waals surface area contributed by atoms with Crippen molar-refractivity contribution in [3.63, 3.8) is 0 Å². The van der Waals surface area contributed by atoms with Gasteiger partial charge in [0.25, 0.3) is 0 Å². The third kappa shape index (κ3) is 2.72. The molecule has 0 aromatic carbocycles. The normalized spacial score (nSPS) is 25.9. The van der Waals surface area contributed by atoms with Crippen LogP contribution in [0.15, 0.2) is 18.6 Å². The van der Waals surface area contributed by atoms with Crippen molar-refractivity contribution in [1.29, 1.82) is 0 Å². The Kier molecular flexibility index (Phi) is 4.05. The van der Waals surface area contributed by atoms with Gasteiger partial charge in [-0.05, 0) is 19.3 Å².